The normalized spacial score (nSPS) is 10.2. The van der Waals surface area contributed by atoms with E-state index in [1.807, 2.05) is 12.1 Å². The van der Waals surface area contributed by atoms with Crippen molar-refractivity contribution >= 4 is 23.4 Å². The Hall–Kier alpha value is -2.73. The molecule has 0 heterocycles. The summed E-state index contributed by atoms with van der Waals surface area (Å²) in [5.74, 6) is 0.731. The van der Waals surface area contributed by atoms with E-state index in [1.54, 1.807) is 35.2 Å². The first-order chi connectivity index (χ1) is 12.9. The van der Waals surface area contributed by atoms with Crippen LogP contribution in [0.25, 0.3) is 0 Å². The number of hydrogen-bond acceptors (Lipinski definition) is 4. The number of ether oxygens (including phenoxy) is 2. The minimum atomic E-state index is -0.244. The van der Waals surface area contributed by atoms with Crippen LogP contribution in [-0.4, -0.2) is 44.0 Å². The van der Waals surface area contributed by atoms with Gasteiger partial charge in [-0.05, 0) is 35.9 Å². The number of halogens is 1. The van der Waals surface area contributed by atoms with E-state index >= 15 is 0 Å². The Kier molecular flexibility index (Phi) is 7.49. The van der Waals surface area contributed by atoms with Crippen LogP contribution >= 0.6 is 11.6 Å². The fourth-order valence-electron chi connectivity index (χ4n) is 2.54. The minimum absolute atomic E-state index is 0.0645. The van der Waals surface area contributed by atoms with Crippen molar-refractivity contribution < 1.29 is 19.1 Å². The number of hydrogen-bond donors (Lipinski definition) is 1. The second kappa shape index (κ2) is 9.83. The molecule has 0 radical (unpaired) electrons. The standard InChI is InChI=1S/C20H23ClN2O4/c1-14(24)23(13-15-4-7-17(21)8-5-15)11-10-22-20(25)16-6-9-18(26-2)19(12-16)27-3/h4-9,12H,10-11,13H2,1-3H3,(H,22,25). The van der Waals surface area contributed by atoms with Crippen molar-refractivity contribution in [2.75, 3.05) is 27.3 Å². The van der Waals surface area contributed by atoms with Gasteiger partial charge in [0.05, 0.1) is 14.2 Å². The fourth-order valence-corrected chi connectivity index (χ4v) is 2.67. The summed E-state index contributed by atoms with van der Waals surface area (Å²) in [4.78, 5) is 25.9. The Labute approximate surface area is 164 Å². The highest BCUT2D eigenvalue weighted by Crippen LogP contribution is 2.27. The second-order valence-corrected chi connectivity index (χ2v) is 6.33. The van der Waals surface area contributed by atoms with Crippen LogP contribution in [0.2, 0.25) is 5.02 Å². The van der Waals surface area contributed by atoms with E-state index in [9.17, 15) is 9.59 Å². The molecule has 2 amide bonds. The lowest BCUT2D eigenvalue weighted by Crippen LogP contribution is -2.37. The smallest absolute Gasteiger partial charge is 0.251 e. The highest BCUT2D eigenvalue weighted by atomic mass is 35.5. The molecule has 7 heteroatoms. The summed E-state index contributed by atoms with van der Waals surface area (Å²) in [7, 11) is 3.05. The average Bonchev–Trinajstić information content (AvgIpc) is 2.67. The van der Waals surface area contributed by atoms with E-state index < -0.39 is 0 Å². The molecular formula is C20H23ClN2O4. The molecule has 0 atom stereocenters. The lowest BCUT2D eigenvalue weighted by atomic mass is 10.2. The lowest BCUT2D eigenvalue weighted by Gasteiger charge is -2.21. The van der Waals surface area contributed by atoms with E-state index in [0.29, 0.717) is 41.7 Å². The van der Waals surface area contributed by atoms with Crippen LogP contribution in [0.4, 0.5) is 0 Å². The second-order valence-electron chi connectivity index (χ2n) is 5.89. The molecule has 0 bridgehead atoms. The summed E-state index contributed by atoms with van der Waals surface area (Å²) in [6, 6.07) is 12.3. The quantitative estimate of drug-likeness (QED) is 0.751. The van der Waals surface area contributed by atoms with Gasteiger partial charge in [-0.2, -0.15) is 0 Å². The van der Waals surface area contributed by atoms with Crippen LogP contribution in [0, 0.1) is 0 Å². The zero-order chi connectivity index (χ0) is 19.8. The maximum absolute atomic E-state index is 12.3. The van der Waals surface area contributed by atoms with Gasteiger partial charge in [0, 0.05) is 37.1 Å². The van der Waals surface area contributed by atoms with E-state index in [-0.39, 0.29) is 11.8 Å². The number of methoxy groups -OCH3 is 2. The molecule has 0 aliphatic rings. The molecule has 0 aliphatic carbocycles. The van der Waals surface area contributed by atoms with Crippen LogP contribution in [0.1, 0.15) is 22.8 Å². The van der Waals surface area contributed by atoms with Crippen molar-refractivity contribution in [2.45, 2.75) is 13.5 Å². The molecule has 1 N–H and O–H groups in total. The Morgan fingerprint density at radius 1 is 1.04 bits per heavy atom. The van der Waals surface area contributed by atoms with Crippen molar-refractivity contribution in [3.05, 3.63) is 58.6 Å². The van der Waals surface area contributed by atoms with E-state index in [1.165, 1.54) is 21.1 Å². The first kappa shape index (κ1) is 20.6. The number of carbonyl (C=O) groups is 2. The van der Waals surface area contributed by atoms with Crippen LogP contribution in [-0.2, 0) is 11.3 Å². The molecule has 0 spiro atoms. The molecule has 2 rings (SSSR count). The third-order valence-electron chi connectivity index (χ3n) is 4.05. The molecule has 6 nitrogen and oxygen atoms in total. The molecule has 0 aliphatic heterocycles. The van der Waals surface area contributed by atoms with Gasteiger partial charge in [-0.1, -0.05) is 23.7 Å². The zero-order valence-corrected chi connectivity index (χ0v) is 16.4. The molecule has 144 valence electrons. The lowest BCUT2D eigenvalue weighted by molar-refractivity contribution is -0.129. The first-order valence-electron chi connectivity index (χ1n) is 8.44. The summed E-state index contributed by atoms with van der Waals surface area (Å²) in [5, 5.41) is 3.47. The van der Waals surface area contributed by atoms with Crippen molar-refractivity contribution in [1.82, 2.24) is 10.2 Å². The van der Waals surface area contributed by atoms with Gasteiger partial charge >= 0.3 is 0 Å². The molecular weight excluding hydrogens is 368 g/mol. The Bertz CT molecular complexity index is 793. The van der Waals surface area contributed by atoms with Crippen LogP contribution in [0.5, 0.6) is 11.5 Å². The third kappa shape index (κ3) is 5.89. The van der Waals surface area contributed by atoms with Gasteiger partial charge < -0.3 is 19.7 Å². The molecule has 0 aromatic heterocycles. The van der Waals surface area contributed by atoms with Gasteiger partial charge in [-0.25, -0.2) is 0 Å². The van der Waals surface area contributed by atoms with Crippen molar-refractivity contribution in [3.63, 3.8) is 0 Å². The number of nitrogens with one attached hydrogen (secondary N) is 1. The van der Waals surface area contributed by atoms with E-state index in [4.69, 9.17) is 21.1 Å². The van der Waals surface area contributed by atoms with Crippen LogP contribution in [0.15, 0.2) is 42.5 Å². The largest absolute Gasteiger partial charge is 0.493 e. The van der Waals surface area contributed by atoms with Gasteiger partial charge in [-0.3, -0.25) is 9.59 Å². The van der Waals surface area contributed by atoms with Crippen molar-refractivity contribution in [2.24, 2.45) is 0 Å². The highest BCUT2D eigenvalue weighted by molar-refractivity contribution is 6.30. The van der Waals surface area contributed by atoms with E-state index in [0.717, 1.165) is 5.56 Å². The molecule has 0 saturated carbocycles. The maximum Gasteiger partial charge on any atom is 0.251 e. The molecule has 0 unspecified atom stereocenters. The van der Waals surface area contributed by atoms with Crippen molar-refractivity contribution in [3.8, 4) is 11.5 Å². The van der Waals surface area contributed by atoms with Gasteiger partial charge in [0.1, 0.15) is 0 Å². The monoisotopic (exact) mass is 390 g/mol. The number of rotatable bonds is 8. The number of carbonyl (C=O) groups excluding carboxylic acids is 2. The Morgan fingerprint density at radius 2 is 1.70 bits per heavy atom. The molecule has 2 aromatic rings. The topological polar surface area (TPSA) is 67.9 Å². The molecule has 0 saturated heterocycles. The fraction of sp³-hybridized carbons (Fsp3) is 0.300. The number of benzene rings is 2. The van der Waals surface area contributed by atoms with Gasteiger partial charge in [0.15, 0.2) is 11.5 Å². The average molecular weight is 391 g/mol. The van der Waals surface area contributed by atoms with Crippen LogP contribution in [0.3, 0.4) is 0 Å². The molecule has 27 heavy (non-hydrogen) atoms. The zero-order valence-electron chi connectivity index (χ0n) is 15.6. The summed E-state index contributed by atoms with van der Waals surface area (Å²) in [6.07, 6.45) is 0. The predicted octanol–water partition coefficient (Wildman–Crippen LogP) is 3.14. The maximum atomic E-state index is 12.3. The Morgan fingerprint density at radius 3 is 2.30 bits per heavy atom. The van der Waals surface area contributed by atoms with Crippen molar-refractivity contribution in [1.29, 1.82) is 0 Å². The SMILES string of the molecule is COc1ccc(C(=O)NCCN(Cc2ccc(Cl)cc2)C(C)=O)cc1OC. The van der Waals surface area contributed by atoms with Crippen LogP contribution < -0.4 is 14.8 Å². The number of nitrogens with zero attached hydrogens (tertiary/aromatic N) is 1. The number of amides is 2. The highest BCUT2D eigenvalue weighted by Gasteiger charge is 2.13. The first-order valence-corrected chi connectivity index (χ1v) is 8.82. The van der Waals surface area contributed by atoms with E-state index in [2.05, 4.69) is 5.32 Å². The molecule has 2 aromatic carbocycles. The Balaban J connectivity index is 1.93. The van der Waals surface area contributed by atoms with Gasteiger partial charge in [-0.15, -0.1) is 0 Å². The predicted molar refractivity (Wildman–Crippen MR) is 104 cm³/mol. The summed E-state index contributed by atoms with van der Waals surface area (Å²) < 4.78 is 10.4. The summed E-state index contributed by atoms with van der Waals surface area (Å²) in [5.41, 5.74) is 1.43. The summed E-state index contributed by atoms with van der Waals surface area (Å²) in [6.45, 7) is 2.70. The van der Waals surface area contributed by atoms with Gasteiger partial charge in [0.2, 0.25) is 5.91 Å². The third-order valence-corrected chi connectivity index (χ3v) is 4.30. The molecule has 0 fully saturated rings. The van der Waals surface area contributed by atoms with Gasteiger partial charge in [0.25, 0.3) is 5.91 Å². The summed E-state index contributed by atoms with van der Waals surface area (Å²) >= 11 is 5.88. The minimum Gasteiger partial charge on any atom is -0.493 e.